The molecule has 0 aliphatic heterocycles. The first-order valence-electron chi connectivity index (χ1n) is 6.70. The molecule has 20 heavy (non-hydrogen) atoms. The predicted molar refractivity (Wildman–Crippen MR) is 87.8 cm³/mol. The quantitative estimate of drug-likeness (QED) is 0.869. The molecule has 0 spiro atoms. The van der Waals surface area contributed by atoms with Crippen molar-refractivity contribution in [3.05, 3.63) is 44.6 Å². The van der Waals surface area contributed by atoms with Gasteiger partial charge in [-0.05, 0) is 51.1 Å². The molecule has 1 unspecified atom stereocenters. The van der Waals surface area contributed by atoms with Crippen molar-refractivity contribution in [1.82, 2.24) is 15.1 Å². The molecular formula is C15H19BrClN3. The summed E-state index contributed by atoms with van der Waals surface area (Å²) in [7, 11) is 0. The van der Waals surface area contributed by atoms with Crippen molar-refractivity contribution in [1.29, 1.82) is 0 Å². The molecule has 5 heteroatoms. The molecule has 0 aliphatic rings. The zero-order valence-electron chi connectivity index (χ0n) is 12.2. The van der Waals surface area contributed by atoms with Crippen molar-refractivity contribution < 1.29 is 0 Å². The number of halogens is 2. The summed E-state index contributed by atoms with van der Waals surface area (Å²) in [6.45, 7) is 9.10. The van der Waals surface area contributed by atoms with Crippen LogP contribution in [0.1, 0.15) is 36.8 Å². The van der Waals surface area contributed by atoms with Gasteiger partial charge in [-0.15, -0.1) is 0 Å². The van der Waals surface area contributed by atoms with Crippen molar-refractivity contribution in [3.63, 3.8) is 0 Å². The van der Waals surface area contributed by atoms with Gasteiger partial charge in [0.05, 0.1) is 22.1 Å². The molecule has 2 rings (SSSR count). The Morgan fingerprint density at radius 1 is 1.40 bits per heavy atom. The van der Waals surface area contributed by atoms with Crippen LogP contribution in [-0.2, 0) is 0 Å². The maximum Gasteiger partial charge on any atom is 0.0848 e. The highest BCUT2D eigenvalue weighted by Gasteiger charge is 2.16. The molecule has 0 amide bonds. The van der Waals surface area contributed by atoms with Crippen molar-refractivity contribution in [2.75, 3.05) is 6.54 Å². The molecule has 0 fully saturated rings. The summed E-state index contributed by atoms with van der Waals surface area (Å²) in [4.78, 5) is 0. The van der Waals surface area contributed by atoms with Crippen LogP contribution < -0.4 is 5.32 Å². The van der Waals surface area contributed by atoms with Crippen molar-refractivity contribution in [2.24, 2.45) is 0 Å². The molecule has 108 valence electrons. The second kappa shape index (κ2) is 6.29. The van der Waals surface area contributed by atoms with Crippen molar-refractivity contribution in [3.8, 4) is 5.69 Å². The van der Waals surface area contributed by atoms with Crippen LogP contribution >= 0.6 is 27.5 Å². The fraction of sp³-hybridized carbons (Fsp3) is 0.400. The van der Waals surface area contributed by atoms with E-state index in [0.29, 0.717) is 0 Å². The molecule has 1 aromatic heterocycles. The molecule has 0 aliphatic carbocycles. The lowest BCUT2D eigenvalue weighted by atomic mass is 10.1. The largest absolute Gasteiger partial charge is 0.310 e. The number of rotatable bonds is 4. The van der Waals surface area contributed by atoms with E-state index in [1.807, 2.05) is 24.6 Å². The Kier molecular flexibility index (Phi) is 4.89. The SMILES string of the molecule is CCNC(C)c1cc(Br)ccc1-n1nc(C)c(Cl)c1C. The van der Waals surface area contributed by atoms with Gasteiger partial charge < -0.3 is 5.32 Å². The van der Waals surface area contributed by atoms with Crippen LogP contribution in [0.5, 0.6) is 0 Å². The van der Waals surface area contributed by atoms with Gasteiger partial charge in [0.1, 0.15) is 0 Å². The number of nitrogens with zero attached hydrogens (tertiary/aromatic N) is 2. The first-order valence-corrected chi connectivity index (χ1v) is 7.87. The second-order valence-electron chi connectivity index (χ2n) is 4.88. The summed E-state index contributed by atoms with van der Waals surface area (Å²) in [5.41, 5.74) is 4.09. The minimum atomic E-state index is 0.246. The van der Waals surface area contributed by atoms with Crippen LogP contribution in [0.2, 0.25) is 5.02 Å². The van der Waals surface area contributed by atoms with E-state index in [2.05, 4.69) is 52.3 Å². The van der Waals surface area contributed by atoms with E-state index in [4.69, 9.17) is 11.6 Å². The van der Waals surface area contributed by atoms with Gasteiger partial charge in [-0.1, -0.05) is 34.5 Å². The van der Waals surface area contributed by atoms with E-state index >= 15 is 0 Å². The van der Waals surface area contributed by atoms with Crippen LogP contribution in [0.4, 0.5) is 0 Å². The Hall–Kier alpha value is -0.840. The van der Waals surface area contributed by atoms with Gasteiger partial charge in [0.15, 0.2) is 0 Å². The number of nitrogens with one attached hydrogen (secondary N) is 1. The zero-order valence-corrected chi connectivity index (χ0v) is 14.5. The van der Waals surface area contributed by atoms with Gasteiger partial charge in [0.2, 0.25) is 0 Å². The highest BCUT2D eigenvalue weighted by atomic mass is 79.9. The van der Waals surface area contributed by atoms with E-state index in [-0.39, 0.29) is 6.04 Å². The first kappa shape index (κ1) is 15.5. The number of benzene rings is 1. The number of aromatic nitrogens is 2. The Morgan fingerprint density at radius 3 is 2.65 bits per heavy atom. The van der Waals surface area contributed by atoms with Gasteiger partial charge in [-0.25, -0.2) is 4.68 Å². The first-order chi connectivity index (χ1) is 9.45. The Morgan fingerprint density at radius 2 is 2.10 bits per heavy atom. The third kappa shape index (κ3) is 2.92. The molecule has 0 radical (unpaired) electrons. The summed E-state index contributed by atoms with van der Waals surface area (Å²) in [6.07, 6.45) is 0. The van der Waals surface area contributed by atoms with Gasteiger partial charge in [0.25, 0.3) is 0 Å². The van der Waals surface area contributed by atoms with Gasteiger partial charge in [-0.3, -0.25) is 0 Å². The molecule has 0 bridgehead atoms. The van der Waals surface area contributed by atoms with Crippen LogP contribution in [0.3, 0.4) is 0 Å². The van der Waals surface area contributed by atoms with Gasteiger partial charge >= 0.3 is 0 Å². The molecule has 1 N–H and O–H groups in total. The third-order valence-electron chi connectivity index (χ3n) is 3.40. The third-order valence-corrected chi connectivity index (χ3v) is 4.44. The highest BCUT2D eigenvalue weighted by molar-refractivity contribution is 9.10. The fourth-order valence-electron chi connectivity index (χ4n) is 2.34. The molecule has 1 heterocycles. The van der Waals surface area contributed by atoms with Gasteiger partial charge in [0, 0.05) is 10.5 Å². The van der Waals surface area contributed by atoms with Gasteiger partial charge in [-0.2, -0.15) is 5.10 Å². The van der Waals surface area contributed by atoms with Crippen molar-refractivity contribution >= 4 is 27.5 Å². The minimum absolute atomic E-state index is 0.246. The predicted octanol–water partition coefficient (Wildman–Crippen LogP) is 4.58. The van der Waals surface area contributed by atoms with Crippen LogP contribution in [0.15, 0.2) is 22.7 Å². The number of hydrogen-bond donors (Lipinski definition) is 1. The summed E-state index contributed by atoms with van der Waals surface area (Å²) >= 11 is 9.81. The molecular weight excluding hydrogens is 338 g/mol. The lowest BCUT2D eigenvalue weighted by Crippen LogP contribution is -2.20. The molecule has 2 aromatic rings. The zero-order chi connectivity index (χ0) is 14.9. The van der Waals surface area contributed by atoms with E-state index < -0.39 is 0 Å². The van der Waals surface area contributed by atoms with E-state index in [9.17, 15) is 0 Å². The maximum atomic E-state index is 6.26. The summed E-state index contributed by atoms with van der Waals surface area (Å²) in [5, 5.41) is 8.73. The van der Waals surface area contributed by atoms with E-state index in [1.165, 1.54) is 5.56 Å². The number of aryl methyl sites for hydroxylation is 1. The topological polar surface area (TPSA) is 29.9 Å². The molecule has 0 saturated carbocycles. The second-order valence-corrected chi connectivity index (χ2v) is 6.17. The van der Waals surface area contributed by atoms with Crippen LogP contribution in [0.25, 0.3) is 5.69 Å². The standard InChI is InChI=1S/C15H19BrClN3/c1-5-18-9(2)13-8-12(16)6-7-14(13)20-11(4)15(17)10(3)19-20/h6-9,18H,5H2,1-4H3. The lowest BCUT2D eigenvalue weighted by molar-refractivity contribution is 0.592. The normalized spacial score (nSPS) is 12.7. The highest BCUT2D eigenvalue weighted by Crippen LogP contribution is 2.29. The van der Waals surface area contributed by atoms with Crippen molar-refractivity contribution in [2.45, 2.75) is 33.7 Å². The Balaban J connectivity index is 2.58. The maximum absolute atomic E-state index is 6.26. The fourth-order valence-corrected chi connectivity index (χ4v) is 2.84. The lowest BCUT2D eigenvalue weighted by Gasteiger charge is -2.18. The summed E-state index contributed by atoms with van der Waals surface area (Å²) in [6, 6.07) is 6.48. The molecule has 1 atom stereocenters. The molecule has 3 nitrogen and oxygen atoms in total. The summed E-state index contributed by atoms with van der Waals surface area (Å²) < 4.78 is 2.99. The monoisotopic (exact) mass is 355 g/mol. The Bertz CT molecular complexity index is 622. The average Bonchev–Trinajstić information content (AvgIpc) is 2.67. The average molecular weight is 357 g/mol. The molecule has 1 aromatic carbocycles. The number of hydrogen-bond acceptors (Lipinski definition) is 2. The van der Waals surface area contributed by atoms with Crippen LogP contribution in [0, 0.1) is 13.8 Å². The minimum Gasteiger partial charge on any atom is -0.310 e. The van der Waals surface area contributed by atoms with E-state index in [1.54, 1.807) is 0 Å². The molecule has 0 saturated heterocycles. The van der Waals surface area contributed by atoms with E-state index in [0.717, 1.165) is 33.1 Å². The Labute approximate surface area is 133 Å². The summed E-state index contributed by atoms with van der Waals surface area (Å²) in [5.74, 6) is 0. The van der Waals surface area contributed by atoms with Crippen LogP contribution in [-0.4, -0.2) is 16.3 Å². The smallest absolute Gasteiger partial charge is 0.0848 e.